The zero-order chi connectivity index (χ0) is 17.1. The topological polar surface area (TPSA) is 97.4 Å². The number of amides is 2. The number of aromatic nitrogens is 1. The van der Waals surface area contributed by atoms with Crippen LogP contribution in [0.4, 0.5) is 5.69 Å². The summed E-state index contributed by atoms with van der Waals surface area (Å²) in [5.41, 5.74) is 0.610. The van der Waals surface area contributed by atoms with Crippen molar-refractivity contribution in [1.29, 1.82) is 0 Å². The van der Waals surface area contributed by atoms with E-state index >= 15 is 0 Å². The highest BCUT2D eigenvalue weighted by Gasteiger charge is 2.18. The molecule has 24 heavy (non-hydrogen) atoms. The van der Waals surface area contributed by atoms with Crippen LogP contribution in [-0.2, 0) is 0 Å². The largest absolute Gasteiger partial charge is 0.461 e. The summed E-state index contributed by atoms with van der Waals surface area (Å²) in [7, 11) is 1.49. The molecule has 1 aromatic carbocycles. The second-order valence-corrected chi connectivity index (χ2v) is 5.21. The van der Waals surface area contributed by atoms with Crippen molar-refractivity contribution in [1.82, 2.24) is 10.5 Å². The molecule has 2 N–H and O–H groups in total. The van der Waals surface area contributed by atoms with E-state index in [0.717, 1.165) is 0 Å². The summed E-state index contributed by atoms with van der Waals surface area (Å²) in [4.78, 5) is 24.2. The van der Waals surface area contributed by atoms with Crippen LogP contribution in [0.15, 0.2) is 51.6 Å². The van der Waals surface area contributed by atoms with Crippen molar-refractivity contribution in [3.8, 4) is 11.5 Å². The Morgan fingerprint density at radius 1 is 1.12 bits per heavy atom. The zero-order valence-electron chi connectivity index (χ0n) is 12.5. The van der Waals surface area contributed by atoms with Gasteiger partial charge in [0.2, 0.25) is 5.76 Å². The molecule has 0 aliphatic heterocycles. The molecule has 3 aromatic rings. The molecule has 0 atom stereocenters. The predicted molar refractivity (Wildman–Crippen MR) is 87.0 cm³/mol. The first-order chi connectivity index (χ1) is 11.6. The molecule has 0 unspecified atom stereocenters. The fraction of sp³-hybridized carbons (Fsp3) is 0.0625. The van der Waals surface area contributed by atoms with Crippen molar-refractivity contribution in [2.24, 2.45) is 0 Å². The minimum absolute atomic E-state index is 0.0548. The molecule has 0 aliphatic carbocycles. The van der Waals surface area contributed by atoms with Crippen LogP contribution >= 0.6 is 11.6 Å². The molecule has 0 saturated heterocycles. The van der Waals surface area contributed by atoms with E-state index in [9.17, 15) is 9.59 Å². The predicted octanol–water partition coefficient (Wildman–Crippen LogP) is 3.20. The Hall–Kier alpha value is -3.06. The molecule has 0 saturated carbocycles. The standard InChI is InChI=1S/C16H12ClN3O4/c1-18-15(21)10-7-9(17)4-5-11(10)19-16(22)12-8-14(24-20-12)13-3-2-6-23-13/h2-8H,1H3,(H,18,21)(H,19,22). The minimum Gasteiger partial charge on any atom is -0.461 e. The summed E-state index contributed by atoms with van der Waals surface area (Å²) < 4.78 is 10.3. The molecule has 0 bridgehead atoms. The maximum atomic E-state index is 12.3. The Kier molecular flexibility index (Phi) is 4.35. The van der Waals surface area contributed by atoms with Gasteiger partial charge in [-0.2, -0.15) is 0 Å². The van der Waals surface area contributed by atoms with Gasteiger partial charge in [-0.25, -0.2) is 0 Å². The first kappa shape index (κ1) is 15.8. The van der Waals surface area contributed by atoms with Gasteiger partial charge in [-0.15, -0.1) is 0 Å². The molecular formula is C16H12ClN3O4. The number of hydrogen-bond acceptors (Lipinski definition) is 5. The highest BCUT2D eigenvalue weighted by Crippen LogP contribution is 2.23. The van der Waals surface area contributed by atoms with E-state index in [1.54, 1.807) is 24.3 Å². The number of hydrogen-bond donors (Lipinski definition) is 2. The highest BCUT2D eigenvalue weighted by atomic mass is 35.5. The number of rotatable bonds is 4. The van der Waals surface area contributed by atoms with E-state index < -0.39 is 5.91 Å². The first-order valence-electron chi connectivity index (χ1n) is 6.92. The molecule has 7 nitrogen and oxygen atoms in total. The van der Waals surface area contributed by atoms with Gasteiger partial charge in [-0.05, 0) is 30.3 Å². The number of nitrogens with one attached hydrogen (secondary N) is 2. The molecule has 0 aliphatic rings. The molecule has 3 rings (SSSR count). The average molecular weight is 346 g/mol. The smallest absolute Gasteiger partial charge is 0.277 e. The van der Waals surface area contributed by atoms with Gasteiger partial charge >= 0.3 is 0 Å². The molecule has 2 heterocycles. The van der Waals surface area contributed by atoms with Crippen LogP contribution in [0.3, 0.4) is 0 Å². The van der Waals surface area contributed by atoms with Gasteiger partial charge in [0.15, 0.2) is 11.5 Å². The van der Waals surface area contributed by atoms with Gasteiger partial charge < -0.3 is 19.6 Å². The number of anilines is 1. The van der Waals surface area contributed by atoms with Gasteiger partial charge in [0, 0.05) is 18.1 Å². The third kappa shape index (κ3) is 3.16. The number of benzene rings is 1. The fourth-order valence-corrected chi connectivity index (χ4v) is 2.22. The van der Waals surface area contributed by atoms with Crippen LogP contribution in [0.25, 0.3) is 11.5 Å². The SMILES string of the molecule is CNC(=O)c1cc(Cl)ccc1NC(=O)c1cc(-c2ccco2)on1. The average Bonchev–Trinajstić information content (AvgIpc) is 3.26. The monoisotopic (exact) mass is 345 g/mol. The van der Waals surface area contributed by atoms with Crippen LogP contribution < -0.4 is 10.6 Å². The van der Waals surface area contributed by atoms with E-state index in [1.165, 1.54) is 25.4 Å². The van der Waals surface area contributed by atoms with Gasteiger partial charge in [-0.1, -0.05) is 16.8 Å². The minimum atomic E-state index is -0.524. The quantitative estimate of drug-likeness (QED) is 0.756. The van der Waals surface area contributed by atoms with E-state index in [-0.39, 0.29) is 17.2 Å². The van der Waals surface area contributed by atoms with Crippen molar-refractivity contribution in [2.75, 3.05) is 12.4 Å². The van der Waals surface area contributed by atoms with Crippen LogP contribution in [-0.4, -0.2) is 24.0 Å². The molecule has 2 aromatic heterocycles. The summed E-state index contributed by atoms with van der Waals surface area (Å²) in [5.74, 6) is -0.111. The van der Waals surface area contributed by atoms with E-state index in [0.29, 0.717) is 22.2 Å². The molecule has 0 fully saturated rings. The fourth-order valence-electron chi connectivity index (χ4n) is 2.05. The lowest BCUT2D eigenvalue weighted by atomic mass is 10.1. The number of carbonyl (C=O) groups is 2. The second kappa shape index (κ2) is 6.59. The maximum absolute atomic E-state index is 12.3. The van der Waals surface area contributed by atoms with Gasteiger partial charge in [-0.3, -0.25) is 9.59 Å². The number of carbonyl (C=O) groups excluding carboxylic acids is 2. The van der Waals surface area contributed by atoms with Crippen molar-refractivity contribution in [3.05, 3.63) is 58.9 Å². The van der Waals surface area contributed by atoms with Crippen LogP contribution in [0, 0.1) is 0 Å². The Balaban J connectivity index is 1.84. The van der Waals surface area contributed by atoms with E-state index in [4.69, 9.17) is 20.5 Å². The highest BCUT2D eigenvalue weighted by molar-refractivity contribution is 6.31. The second-order valence-electron chi connectivity index (χ2n) is 4.78. The Labute approximate surface area is 141 Å². The first-order valence-corrected chi connectivity index (χ1v) is 7.30. The summed E-state index contributed by atoms with van der Waals surface area (Å²) in [6, 6.07) is 9.40. The molecule has 2 amide bonds. The lowest BCUT2D eigenvalue weighted by molar-refractivity contribution is 0.0964. The molecular weight excluding hydrogens is 334 g/mol. The summed E-state index contributed by atoms with van der Waals surface area (Å²) in [6.07, 6.45) is 1.49. The van der Waals surface area contributed by atoms with Gasteiger partial charge in [0.25, 0.3) is 11.8 Å². The Bertz CT molecular complexity index is 887. The lowest BCUT2D eigenvalue weighted by Gasteiger charge is -2.09. The number of furan rings is 1. The van der Waals surface area contributed by atoms with Crippen molar-refractivity contribution < 1.29 is 18.5 Å². The van der Waals surface area contributed by atoms with Gasteiger partial charge in [0.05, 0.1) is 17.5 Å². The van der Waals surface area contributed by atoms with Crippen LogP contribution in [0.2, 0.25) is 5.02 Å². The Morgan fingerprint density at radius 3 is 2.67 bits per heavy atom. The van der Waals surface area contributed by atoms with Crippen LogP contribution in [0.1, 0.15) is 20.8 Å². The lowest BCUT2D eigenvalue weighted by Crippen LogP contribution is -2.21. The number of halogens is 1. The van der Waals surface area contributed by atoms with E-state index in [2.05, 4.69) is 15.8 Å². The van der Waals surface area contributed by atoms with Gasteiger partial charge in [0.1, 0.15) is 0 Å². The van der Waals surface area contributed by atoms with Crippen molar-refractivity contribution >= 4 is 29.1 Å². The molecule has 122 valence electrons. The third-order valence-electron chi connectivity index (χ3n) is 3.21. The summed E-state index contributed by atoms with van der Waals surface area (Å²) in [6.45, 7) is 0. The summed E-state index contributed by atoms with van der Waals surface area (Å²) in [5, 5.41) is 9.19. The zero-order valence-corrected chi connectivity index (χ0v) is 13.3. The van der Waals surface area contributed by atoms with Crippen LogP contribution in [0.5, 0.6) is 0 Å². The number of nitrogens with zero attached hydrogens (tertiary/aromatic N) is 1. The molecule has 0 spiro atoms. The maximum Gasteiger partial charge on any atom is 0.277 e. The normalized spacial score (nSPS) is 10.4. The molecule has 8 heteroatoms. The molecule has 0 radical (unpaired) electrons. The van der Waals surface area contributed by atoms with E-state index in [1.807, 2.05) is 0 Å². The summed E-state index contributed by atoms with van der Waals surface area (Å²) >= 11 is 5.90. The Morgan fingerprint density at radius 2 is 1.96 bits per heavy atom. The third-order valence-corrected chi connectivity index (χ3v) is 3.44. The van der Waals surface area contributed by atoms with Crippen molar-refractivity contribution in [2.45, 2.75) is 0 Å². The van der Waals surface area contributed by atoms with Crippen molar-refractivity contribution in [3.63, 3.8) is 0 Å².